The third-order valence-electron chi connectivity index (χ3n) is 3.04. The molecule has 4 atom stereocenters. The van der Waals surface area contributed by atoms with Crippen molar-refractivity contribution in [3.8, 4) is 0 Å². The van der Waals surface area contributed by atoms with E-state index in [0.29, 0.717) is 18.2 Å². The van der Waals surface area contributed by atoms with Crippen LogP contribution in [0.25, 0.3) is 0 Å². The summed E-state index contributed by atoms with van der Waals surface area (Å²) in [5.74, 6) is 0.674. The van der Waals surface area contributed by atoms with Crippen LogP contribution in [0.5, 0.6) is 0 Å². The molecule has 3 rings (SSSR count). The van der Waals surface area contributed by atoms with Gasteiger partial charge in [0.05, 0.1) is 0 Å². The Morgan fingerprint density at radius 2 is 2.50 bits per heavy atom. The molecular weight excluding hydrogens is 128 g/mol. The Morgan fingerprint density at radius 3 is 3.40 bits per heavy atom. The molecule has 0 aromatic heterocycles. The molecule has 0 radical (unpaired) electrons. The SMILES string of the molecule is NC12CCNC3OC3C1C2. The molecule has 0 bridgehead atoms. The summed E-state index contributed by atoms with van der Waals surface area (Å²) in [7, 11) is 0. The van der Waals surface area contributed by atoms with Crippen LogP contribution in [0.2, 0.25) is 0 Å². The van der Waals surface area contributed by atoms with Gasteiger partial charge in [0.25, 0.3) is 0 Å². The maximum absolute atomic E-state index is 6.05. The van der Waals surface area contributed by atoms with Crippen LogP contribution in [0.1, 0.15) is 12.8 Å². The molecule has 2 aliphatic heterocycles. The van der Waals surface area contributed by atoms with E-state index in [4.69, 9.17) is 10.5 Å². The molecule has 3 fully saturated rings. The van der Waals surface area contributed by atoms with E-state index in [0.717, 1.165) is 13.0 Å². The van der Waals surface area contributed by atoms with Crippen molar-refractivity contribution in [1.82, 2.24) is 5.32 Å². The lowest BCUT2D eigenvalue weighted by molar-refractivity contribution is 0.309. The van der Waals surface area contributed by atoms with E-state index in [2.05, 4.69) is 5.32 Å². The van der Waals surface area contributed by atoms with Gasteiger partial charge in [0.15, 0.2) is 0 Å². The van der Waals surface area contributed by atoms with Crippen LogP contribution in [-0.2, 0) is 4.74 Å². The average Bonchev–Trinajstić information content (AvgIpc) is 2.64. The van der Waals surface area contributed by atoms with Crippen LogP contribution in [0.3, 0.4) is 0 Å². The van der Waals surface area contributed by atoms with Gasteiger partial charge in [-0.2, -0.15) is 0 Å². The Labute approximate surface area is 59.9 Å². The quantitative estimate of drug-likeness (QED) is 0.443. The molecular formula is C7H12N2O. The molecule has 1 saturated carbocycles. The van der Waals surface area contributed by atoms with Crippen molar-refractivity contribution in [2.24, 2.45) is 11.7 Å². The van der Waals surface area contributed by atoms with E-state index in [9.17, 15) is 0 Å². The normalized spacial score (nSPS) is 63.9. The number of rotatable bonds is 0. The van der Waals surface area contributed by atoms with Crippen molar-refractivity contribution in [3.63, 3.8) is 0 Å². The van der Waals surface area contributed by atoms with Gasteiger partial charge in [0, 0.05) is 11.5 Å². The van der Waals surface area contributed by atoms with Gasteiger partial charge < -0.3 is 10.5 Å². The predicted octanol–water partition coefficient (Wildman–Crippen LogP) is -0.578. The topological polar surface area (TPSA) is 50.6 Å². The van der Waals surface area contributed by atoms with Crippen molar-refractivity contribution in [2.45, 2.75) is 30.7 Å². The predicted molar refractivity (Wildman–Crippen MR) is 36.3 cm³/mol. The molecule has 3 nitrogen and oxygen atoms in total. The third kappa shape index (κ3) is 0.557. The summed E-state index contributed by atoms with van der Waals surface area (Å²) < 4.78 is 5.39. The summed E-state index contributed by atoms with van der Waals surface area (Å²) >= 11 is 0. The van der Waals surface area contributed by atoms with Gasteiger partial charge in [0.2, 0.25) is 0 Å². The maximum Gasteiger partial charge on any atom is 0.135 e. The molecule has 0 aromatic rings. The van der Waals surface area contributed by atoms with Gasteiger partial charge >= 0.3 is 0 Å². The first-order valence-corrected chi connectivity index (χ1v) is 3.97. The van der Waals surface area contributed by atoms with Crippen LogP contribution in [-0.4, -0.2) is 24.4 Å². The van der Waals surface area contributed by atoms with Crippen LogP contribution in [0.15, 0.2) is 0 Å². The molecule has 2 heterocycles. The smallest absolute Gasteiger partial charge is 0.135 e. The summed E-state index contributed by atoms with van der Waals surface area (Å²) in [6.45, 7) is 1.04. The summed E-state index contributed by atoms with van der Waals surface area (Å²) in [6.07, 6.45) is 3.15. The van der Waals surface area contributed by atoms with Crippen molar-refractivity contribution >= 4 is 0 Å². The lowest BCUT2D eigenvalue weighted by Gasteiger charge is -2.07. The number of epoxide rings is 1. The number of hydrogen-bond donors (Lipinski definition) is 2. The molecule has 3 aliphatic rings. The lowest BCUT2D eigenvalue weighted by atomic mass is 10.1. The van der Waals surface area contributed by atoms with Gasteiger partial charge in [-0.3, -0.25) is 5.32 Å². The second-order valence-electron chi connectivity index (χ2n) is 3.77. The van der Waals surface area contributed by atoms with Crippen LogP contribution in [0.4, 0.5) is 0 Å². The summed E-state index contributed by atoms with van der Waals surface area (Å²) in [6, 6.07) is 0. The third-order valence-corrected chi connectivity index (χ3v) is 3.04. The zero-order valence-corrected chi connectivity index (χ0v) is 5.84. The van der Waals surface area contributed by atoms with Crippen LogP contribution in [0, 0.1) is 5.92 Å². The van der Waals surface area contributed by atoms with Gasteiger partial charge in [-0.05, 0) is 19.4 Å². The van der Waals surface area contributed by atoms with E-state index in [1.54, 1.807) is 0 Å². The van der Waals surface area contributed by atoms with Crippen molar-refractivity contribution < 1.29 is 4.74 Å². The molecule has 4 unspecified atom stereocenters. The first-order valence-electron chi connectivity index (χ1n) is 3.97. The first kappa shape index (κ1) is 5.52. The Kier molecular flexibility index (Phi) is 0.770. The van der Waals surface area contributed by atoms with Gasteiger partial charge in [-0.15, -0.1) is 0 Å². The van der Waals surface area contributed by atoms with Crippen molar-refractivity contribution in [1.29, 1.82) is 0 Å². The Balaban J connectivity index is 1.85. The monoisotopic (exact) mass is 140 g/mol. The van der Waals surface area contributed by atoms with E-state index >= 15 is 0 Å². The number of hydrogen-bond acceptors (Lipinski definition) is 3. The molecule has 3 N–H and O–H groups in total. The number of nitrogens with one attached hydrogen (secondary N) is 1. The molecule has 10 heavy (non-hydrogen) atoms. The maximum atomic E-state index is 6.05. The molecule has 56 valence electrons. The average molecular weight is 140 g/mol. The van der Waals surface area contributed by atoms with E-state index in [-0.39, 0.29) is 5.54 Å². The second-order valence-corrected chi connectivity index (χ2v) is 3.77. The largest absolute Gasteiger partial charge is 0.353 e. The minimum atomic E-state index is 0.156. The molecule has 0 aromatic carbocycles. The molecule has 2 saturated heterocycles. The fourth-order valence-electron chi connectivity index (χ4n) is 2.12. The summed E-state index contributed by atoms with van der Waals surface area (Å²) in [5.41, 5.74) is 6.20. The highest BCUT2D eigenvalue weighted by atomic mass is 16.6. The minimum Gasteiger partial charge on any atom is -0.353 e. The molecule has 0 spiro atoms. The van der Waals surface area contributed by atoms with Gasteiger partial charge in [-0.25, -0.2) is 0 Å². The fourth-order valence-corrected chi connectivity index (χ4v) is 2.12. The highest BCUT2D eigenvalue weighted by Crippen LogP contribution is 2.53. The van der Waals surface area contributed by atoms with Gasteiger partial charge in [0.1, 0.15) is 12.3 Å². The Bertz CT molecular complexity index is 184. The van der Waals surface area contributed by atoms with Crippen LogP contribution < -0.4 is 11.1 Å². The standard InChI is InChI=1S/C7H12N2O/c8-7-1-2-9-6-5(10-6)4(7)3-7/h4-6,9H,1-3,8H2. The van der Waals surface area contributed by atoms with Crippen molar-refractivity contribution in [3.05, 3.63) is 0 Å². The van der Waals surface area contributed by atoms with Gasteiger partial charge in [-0.1, -0.05) is 0 Å². The Hall–Kier alpha value is -0.120. The van der Waals surface area contributed by atoms with E-state index < -0.39 is 0 Å². The fraction of sp³-hybridized carbons (Fsp3) is 1.00. The number of ether oxygens (including phenoxy) is 1. The molecule has 1 aliphatic carbocycles. The van der Waals surface area contributed by atoms with Crippen molar-refractivity contribution in [2.75, 3.05) is 6.54 Å². The zero-order chi connectivity index (χ0) is 6.77. The summed E-state index contributed by atoms with van der Waals surface area (Å²) in [4.78, 5) is 0. The molecule has 3 heteroatoms. The zero-order valence-electron chi connectivity index (χ0n) is 5.84. The highest BCUT2D eigenvalue weighted by Gasteiger charge is 2.64. The first-order chi connectivity index (χ1) is 4.80. The number of fused-ring (bicyclic) bond motifs is 3. The van der Waals surface area contributed by atoms with Crippen LogP contribution >= 0.6 is 0 Å². The number of nitrogens with two attached hydrogens (primary N) is 1. The highest BCUT2D eigenvalue weighted by molar-refractivity contribution is 5.17. The molecule has 0 amide bonds. The summed E-state index contributed by atoms with van der Waals surface area (Å²) in [5, 5.41) is 3.30. The van der Waals surface area contributed by atoms with E-state index in [1.165, 1.54) is 6.42 Å². The Morgan fingerprint density at radius 1 is 1.60 bits per heavy atom. The minimum absolute atomic E-state index is 0.156. The lowest BCUT2D eigenvalue weighted by Crippen LogP contribution is -2.28. The van der Waals surface area contributed by atoms with E-state index in [1.807, 2.05) is 0 Å². The second kappa shape index (κ2) is 1.40.